The average Bonchev–Trinajstić information content (AvgIpc) is 2.88. The van der Waals surface area contributed by atoms with Gasteiger partial charge in [0, 0.05) is 26.2 Å². The predicted molar refractivity (Wildman–Crippen MR) is 97.1 cm³/mol. The van der Waals surface area contributed by atoms with Crippen molar-refractivity contribution in [3.63, 3.8) is 0 Å². The first-order valence-electron chi connectivity index (χ1n) is 7.86. The van der Waals surface area contributed by atoms with Crippen molar-refractivity contribution in [3.8, 4) is 0 Å². The molecule has 5 heteroatoms. The molecule has 0 amide bonds. The standard InChI is InChI=1S/C15H31N3O.HI/c1-4-16-15(18-12-13(2)3)17-10-7-11-19-14-8-5-6-9-14;/h13-14H,4-12H2,1-3H3,(H2,16,17,18);1H. The molecule has 20 heavy (non-hydrogen) atoms. The molecule has 4 nitrogen and oxygen atoms in total. The molecule has 0 atom stereocenters. The van der Waals surface area contributed by atoms with Crippen LogP contribution in [0.1, 0.15) is 52.9 Å². The van der Waals surface area contributed by atoms with Gasteiger partial charge in [-0.15, -0.1) is 24.0 Å². The van der Waals surface area contributed by atoms with Crippen molar-refractivity contribution < 1.29 is 4.74 Å². The maximum atomic E-state index is 5.84. The smallest absolute Gasteiger partial charge is 0.191 e. The van der Waals surface area contributed by atoms with Crippen LogP contribution >= 0.6 is 24.0 Å². The number of ether oxygens (including phenoxy) is 1. The van der Waals surface area contributed by atoms with E-state index in [-0.39, 0.29) is 24.0 Å². The minimum Gasteiger partial charge on any atom is -0.378 e. The van der Waals surface area contributed by atoms with Crippen molar-refractivity contribution in [3.05, 3.63) is 0 Å². The summed E-state index contributed by atoms with van der Waals surface area (Å²) in [7, 11) is 0. The predicted octanol–water partition coefficient (Wildman–Crippen LogP) is 3.16. The van der Waals surface area contributed by atoms with Gasteiger partial charge in [0.2, 0.25) is 0 Å². The second-order valence-corrected chi connectivity index (χ2v) is 5.67. The van der Waals surface area contributed by atoms with Gasteiger partial charge in [0.25, 0.3) is 0 Å². The van der Waals surface area contributed by atoms with E-state index in [4.69, 9.17) is 4.74 Å². The Hall–Kier alpha value is -0.0400. The first-order valence-corrected chi connectivity index (χ1v) is 7.86. The van der Waals surface area contributed by atoms with Crippen LogP contribution in [0.2, 0.25) is 0 Å². The quantitative estimate of drug-likeness (QED) is 0.286. The number of hydrogen-bond donors (Lipinski definition) is 2. The first-order chi connectivity index (χ1) is 9.22. The highest BCUT2D eigenvalue weighted by Gasteiger charge is 2.14. The molecule has 0 radical (unpaired) electrons. The van der Waals surface area contributed by atoms with Gasteiger partial charge in [0.15, 0.2) is 5.96 Å². The Morgan fingerprint density at radius 2 is 1.95 bits per heavy atom. The minimum absolute atomic E-state index is 0. The second-order valence-electron chi connectivity index (χ2n) is 5.67. The Balaban J connectivity index is 0.00000361. The molecule has 1 fully saturated rings. The first kappa shape index (κ1) is 20.0. The molecule has 0 unspecified atom stereocenters. The molecule has 0 saturated heterocycles. The molecule has 0 spiro atoms. The van der Waals surface area contributed by atoms with Crippen molar-refractivity contribution in [2.75, 3.05) is 26.2 Å². The Labute approximate surface area is 141 Å². The summed E-state index contributed by atoms with van der Waals surface area (Å²) in [5.74, 6) is 1.53. The lowest BCUT2D eigenvalue weighted by Gasteiger charge is -2.13. The molecule has 0 aromatic rings. The molecule has 1 aliphatic carbocycles. The molecule has 0 aliphatic heterocycles. The molecule has 1 aliphatic rings. The van der Waals surface area contributed by atoms with Crippen LogP contribution in [0.5, 0.6) is 0 Å². The number of halogens is 1. The summed E-state index contributed by atoms with van der Waals surface area (Å²) in [5, 5.41) is 6.63. The van der Waals surface area contributed by atoms with E-state index in [1.165, 1.54) is 25.7 Å². The molecular formula is C15H32IN3O. The highest BCUT2D eigenvalue weighted by Crippen LogP contribution is 2.20. The Morgan fingerprint density at radius 1 is 1.25 bits per heavy atom. The zero-order chi connectivity index (χ0) is 13.9. The summed E-state index contributed by atoms with van der Waals surface area (Å²) >= 11 is 0. The maximum Gasteiger partial charge on any atom is 0.191 e. The summed E-state index contributed by atoms with van der Waals surface area (Å²) in [5.41, 5.74) is 0. The lowest BCUT2D eigenvalue weighted by molar-refractivity contribution is 0.0574. The summed E-state index contributed by atoms with van der Waals surface area (Å²) < 4.78 is 5.84. The van der Waals surface area contributed by atoms with Crippen molar-refractivity contribution in [2.45, 2.75) is 59.0 Å². The highest BCUT2D eigenvalue weighted by molar-refractivity contribution is 14.0. The molecule has 1 rings (SSSR count). The summed E-state index contributed by atoms with van der Waals surface area (Å²) in [6, 6.07) is 0. The van der Waals surface area contributed by atoms with E-state index in [2.05, 4.69) is 36.4 Å². The molecule has 0 aromatic heterocycles. The van der Waals surface area contributed by atoms with Gasteiger partial charge >= 0.3 is 0 Å². The van der Waals surface area contributed by atoms with E-state index in [1.807, 2.05) is 0 Å². The zero-order valence-electron chi connectivity index (χ0n) is 13.3. The van der Waals surface area contributed by atoms with Crippen LogP contribution in [0, 0.1) is 5.92 Å². The van der Waals surface area contributed by atoms with Crippen molar-refractivity contribution >= 4 is 29.9 Å². The third-order valence-electron chi connectivity index (χ3n) is 3.23. The van der Waals surface area contributed by atoms with Gasteiger partial charge in [-0.05, 0) is 32.1 Å². The minimum atomic E-state index is 0. The van der Waals surface area contributed by atoms with Gasteiger partial charge < -0.3 is 15.4 Å². The third kappa shape index (κ3) is 9.80. The Bertz CT molecular complexity index is 254. The SMILES string of the molecule is CCNC(=NCC(C)C)NCCCOC1CCCC1.I. The Morgan fingerprint density at radius 3 is 2.55 bits per heavy atom. The fraction of sp³-hybridized carbons (Fsp3) is 0.933. The molecule has 2 N–H and O–H groups in total. The Kier molecular flexibility index (Phi) is 12.7. The zero-order valence-corrected chi connectivity index (χ0v) is 15.6. The van der Waals surface area contributed by atoms with Gasteiger partial charge in [-0.1, -0.05) is 26.7 Å². The lowest BCUT2D eigenvalue weighted by atomic mass is 10.2. The van der Waals surface area contributed by atoms with Gasteiger partial charge in [0.1, 0.15) is 0 Å². The fourth-order valence-electron chi connectivity index (χ4n) is 2.20. The third-order valence-corrected chi connectivity index (χ3v) is 3.23. The molecule has 0 aromatic carbocycles. The number of nitrogens with zero attached hydrogens (tertiary/aromatic N) is 1. The number of rotatable bonds is 8. The van der Waals surface area contributed by atoms with Crippen molar-refractivity contribution in [1.29, 1.82) is 0 Å². The van der Waals surface area contributed by atoms with Crippen molar-refractivity contribution in [2.24, 2.45) is 10.9 Å². The number of nitrogens with one attached hydrogen (secondary N) is 2. The van der Waals surface area contributed by atoms with Crippen LogP contribution in [0.25, 0.3) is 0 Å². The van der Waals surface area contributed by atoms with Crippen LogP contribution in [0.15, 0.2) is 4.99 Å². The van der Waals surface area contributed by atoms with Gasteiger partial charge in [-0.3, -0.25) is 4.99 Å². The molecule has 1 saturated carbocycles. The normalized spacial score (nSPS) is 16.3. The molecule has 0 bridgehead atoms. The van der Waals surface area contributed by atoms with E-state index in [1.54, 1.807) is 0 Å². The van der Waals surface area contributed by atoms with E-state index in [9.17, 15) is 0 Å². The van der Waals surface area contributed by atoms with E-state index in [0.29, 0.717) is 12.0 Å². The van der Waals surface area contributed by atoms with E-state index < -0.39 is 0 Å². The van der Waals surface area contributed by atoms with Gasteiger partial charge in [0.05, 0.1) is 6.10 Å². The summed E-state index contributed by atoms with van der Waals surface area (Å²) in [6.45, 7) is 10.0. The lowest BCUT2D eigenvalue weighted by Crippen LogP contribution is -2.38. The van der Waals surface area contributed by atoms with Gasteiger partial charge in [-0.2, -0.15) is 0 Å². The summed E-state index contributed by atoms with van der Waals surface area (Å²) in [6.07, 6.45) is 6.77. The van der Waals surface area contributed by atoms with Crippen LogP contribution in [0.3, 0.4) is 0 Å². The van der Waals surface area contributed by atoms with E-state index >= 15 is 0 Å². The summed E-state index contributed by atoms with van der Waals surface area (Å²) in [4.78, 5) is 4.54. The highest BCUT2D eigenvalue weighted by atomic mass is 127. The van der Waals surface area contributed by atoms with Crippen LogP contribution in [-0.2, 0) is 4.74 Å². The van der Waals surface area contributed by atoms with Crippen LogP contribution < -0.4 is 10.6 Å². The number of hydrogen-bond acceptors (Lipinski definition) is 2. The van der Waals surface area contributed by atoms with Crippen molar-refractivity contribution in [1.82, 2.24) is 10.6 Å². The average molecular weight is 397 g/mol. The molecule has 0 heterocycles. The number of guanidine groups is 1. The maximum absolute atomic E-state index is 5.84. The largest absolute Gasteiger partial charge is 0.378 e. The van der Waals surface area contributed by atoms with E-state index in [0.717, 1.165) is 38.6 Å². The molecule has 120 valence electrons. The van der Waals surface area contributed by atoms with Crippen LogP contribution in [-0.4, -0.2) is 38.3 Å². The van der Waals surface area contributed by atoms with Gasteiger partial charge in [-0.25, -0.2) is 0 Å². The monoisotopic (exact) mass is 397 g/mol. The fourth-order valence-corrected chi connectivity index (χ4v) is 2.20. The molecular weight excluding hydrogens is 365 g/mol. The topological polar surface area (TPSA) is 45.7 Å². The van der Waals surface area contributed by atoms with Crippen LogP contribution in [0.4, 0.5) is 0 Å². The number of aliphatic imine (C=N–C) groups is 1. The second kappa shape index (κ2) is 12.7.